The first kappa shape index (κ1) is 14.9. The van der Waals surface area contributed by atoms with Crippen molar-refractivity contribution < 1.29 is 9.84 Å². The number of aliphatic hydroxyl groups is 1. The van der Waals surface area contributed by atoms with Gasteiger partial charge in [0.2, 0.25) is 0 Å². The van der Waals surface area contributed by atoms with E-state index in [2.05, 4.69) is 19.2 Å². The van der Waals surface area contributed by atoms with Crippen LogP contribution in [0.4, 0.5) is 0 Å². The highest BCUT2D eigenvalue weighted by molar-refractivity contribution is 4.65. The molecule has 0 aliphatic carbocycles. The molecule has 0 amide bonds. The van der Waals surface area contributed by atoms with E-state index in [0.29, 0.717) is 19.2 Å². The molecule has 0 aromatic rings. The second-order valence-electron chi connectivity index (χ2n) is 4.49. The van der Waals surface area contributed by atoms with Crippen molar-refractivity contribution in [3.05, 3.63) is 0 Å². The van der Waals surface area contributed by atoms with Crippen LogP contribution >= 0.6 is 0 Å². The monoisotopic (exact) mass is 217 g/mol. The largest absolute Gasteiger partial charge is 0.389 e. The van der Waals surface area contributed by atoms with Crippen LogP contribution < -0.4 is 5.32 Å². The van der Waals surface area contributed by atoms with Gasteiger partial charge < -0.3 is 15.2 Å². The van der Waals surface area contributed by atoms with E-state index in [1.165, 1.54) is 19.3 Å². The van der Waals surface area contributed by atoms with E-state index in [9.17, 15) is 5.11 Å². The number of rotatable bonds is 9. The van der Waals surface area contributed by atoms with Crippen LogP contribution in [-0.4, -0.2) is 36.5 Å². The second kappa shape index (κ2) is 9.13. The third-order valence-corrected chi connectivity index (χ3v) is 2.31. The van der Waals surface area contributed by atoms with Crippen molar-refractivity contribution in [1.29, 1.82) is 0 Å². The maximum atomic E-state index is 9.58. The Balaban J connectivity index is 3.39. The molecule has 0 aliphatic heterocycles. The molecular formula is C12H27NO2. The summed E-state index contributed by atoms with van der Waals surface area (Å²) in [7, 11) is 0. The molecule has 0 spiro atoms. The summed E-state index contributed by atoms with van der Waals surface area (Å²) in [5, 5.41) is 12.9. The lowest BCUT2D eigenvalue weighted by Gasteiger charge is -2.17. The Labute approximate surface area is 94.2 Å². The zero-order chi connectivity index (χ0) is 11.7. The molecule has 3 heteroatoms. The zero-order valence-electron chi connectivity index (χ0n) is 10.6. The highest BCUT2D eigenvalue weighted by atomic mass is 16.5. The van der Waals surface area contributed by atoms with Gasteiger partial charge in [0.25, 0.3) is 0 Å². The van der Waals surface area contributed by atoms with Crippen LogP contribution in [0.1, 0.15) is 47.0 Å². The van der Waals surface area contributed by atoms with E-state index < -0.39 is 6.10 Å². The molecule has 0 saturated heterocycles. The predicted octanol–water partition coefficient (Wildman–Crippen LogP) is 1.94. The van der Waals surface area contributed by atoms with Crippen molar-refractivity contribution in [2.75, 3.05) is 13.2 Å². The summed E-state index contributed by atoms with van der Waals surface area (Å²) in [6, 6.07) is 0.485. The van der Waals surface area contributed by atoms with Crippen molar-refractivity contribution in [3.63, 3.8) is 0 Å². The maximum Gasteiger partial charge on any atom is 0.0897 e. The van der Waals surface area contributed by atoms with Gasteiger partial charge in [-0.25, -0.2) is 0 Å². The van der Waals surface area contributed by atoms with E-state index in [-0.39, 0.29) is 6.10 Å². The van der Waals surface area contributed by atoms with Crippen molar-refractivity contribution >= 4 is 0 Å². The molecule has 0 radical (unpaired) electrons. The number of hydrogen-bond acceptors (Lipinski definition) is 3. The SMILES string of the molecule is CCCCC(C)NCC(O)COC(C)C. The molecule has 3 nitrogen and oxygen atoms in total. The van der Waals surface area contributed by atoms with Crippen LogP contribution in [0, 0.1) is 0 Å². The molecule has 0 fully saturated rings. The van der Waals surface area contributed by atoms with E-state index in [4.69, 9.17) is 4.74 Å². The maximum absolute atomic E-state index is 9.58. The molecule has 15 heavy (non-hydrogen) atoms. The number of aliphatic hydroxyl groups excluding tert-OH is 1. The summed E-state index contributed by atoms with van der Waals surface area (Å²) in [5.74, 6) is 0. The third kappa shape index (κ3) is 10.2. The topological polar surface area (TPSA) is 41.5 Å². The fraction of sp³-hybridized carbons (Fsp3) is 1.00. The Hall–Kier alpha value is -0.120. The Morgan fingerprint density at radius 3 is 2.47 bits per heavy atom. The van der Waals surface area contributed by atoms with Crippen molar-refractivity contribution in [2.24, 2.45) is 0 Å². The van der Waals surface area contributed by atoms with E-state index in [0.717, 1.165) is 0 Å². The lowest BCUT2D eigenvalue weighted by molar-refractivity contribution is 0.00553. The van der Waals surface area contributed by atoms with Crippen LogP contribution in [0.15, 0.2) is 0 Å². The van der Waals surface area contributed by atoms with Crippen molar-refractivity contribution in [2.45, 2.75) is 65.2 Å². The third-order valence-electron chi connectivity index (χ3n) is 2.31. The summed E-state index contributed by atoms with van der Waals surface area (Å²) < 4.78 is 5.33. The molecule has 92 valence electrons. The Kier molecular flexibility index (Phi) is 9.06. The minimum atomic E-state index is -0.392. The normalized spacial score (nSPS) is 15.6. The molecule has 0 aliphatic rings. The van der Waals surface area contributed by atoms with Gasteiger partial charge in [0, 0.05) is 12.6 Å². The molecule has 0 bridgehead atoms. The summed E-state index contributed by atoms with van der Waals surface area (Å²) in [5.41, 5.74) is 0. The molecule has 2 N–H and O–H groups in total. The zero-order valence-corrected chi connectivity index (χ0v) is 10.6. The average Bonchev–Trinajstić information content (AvgIpc) is 2.20. The van der Waals surface area contributed by atoms with Crippen LogP contribution in [0.5, 0.6) is 0 Å². The first-order chi connectivity index (χ1) is 7.06. The summed E-state index contributed by atoms with van der Waals surface area (Å²) in [6.45, 7) is 9.35. The lowest BCUT2D eigenvalue weighted by Crippen LogP contribution is -2.36. The Bertz CT molecular complexity index is 140. The number of hydrogen-bond donors (Lipinski definition) is 2. The smallest absolute Gasteiger partial charge is 0.0897 e. The van der Waals surface area contributed by atoms with Crippen LogP contribution in [0.3, 0.4) is 0 Å². The first-order valence-corrected chi connectivity index (χ1v) is 6.09. The lowest BCUT2D eigenvalue weighted by atomic mass is 10.1. The van der Waals surface area contributed by atoms with Crippen molar-refractivity contribution in [3.8, 4) is 0 Å². The minimum Gasteiger partial charge on any atom is -0.389 e. The first-order valence-electron chi connectivity index (χ1n) is 6.09. The van der Waals surface area contributed by atoms with Gasteiger partial charge in [-0.2, -0.15) is 0 Å². The van der Waals surface area contributed by atoms with Gasteiger partial charge >= 0.3 is 0 Å². The second-order valence-corrected chi connectivity index (χ2v) is 4.49. The van der Waals surface area contributed by atoms with Crippen molar-refractivity contribution in [1.82, 2.24) is 5.32 Å². The molecule has 0 aromatic carbocycles. The fourth-order valence-electron chi connectivity index (χ4n) is 1.31. The predicted molar refractivity (Wildman–Crippen MR) is 64.1 cm³/mol. The van der Waals surface area contributed by atoms with Gasteiger partial charge in [-0.1, -0.05) is 19.8 Å². The van der Waals surface area contributed by atoms with Gasteiger partial charge in [-0.15, -0.1) is 0 Å². The van der Waals surface area contributed by atoms with E-state index in [1.54, 1.807) is 0 Å². The molecule has 0 aromatic heterocycles. The number of ether oxygens (including phenoxy) is 1. The summed E-state index contributed by atoms with van der Waals surface area (Å²) in [4.78, 5) is 0. The summed E-state index contributed by atoms with van der Waals surface area (Å²) in [6.07, 6.45) is 3.44. The van der Waals surface area contributed by atoms with Gasteiger partial charge in [0.1, 0.15) is 0 Å². The van der Waals surface area contributed by atoms with E-state index in [1.807, 2.05) is 13.8 Å². The fourth-order valence-corrected chi connectivity index (χ4v) is 1.31. The van der Waals surface area contributed by atoms with Gasteiger partial charge in [0.05, 0.1) is 18.8 Å². The quantitative estimate of drug-likeness (QED) is 0.620. The molecule has 0 heterocycles. The molecule has 0 rings (SSSR count). The van der Waals surface area contributed by atoms with Gasteiger partial charge in [-0.05, 0) is 27.2 Å². The number of nitrogens with one attached hydrogen (secondary N) is 1. The minimum absolute atomic E-state index is 0.192. The number of unbranched alkanes of at least 4 members (excludes halogenated alkanes) is 1. The summed E-state index contributed by atoms with van der Waals surface area (Å²) >= 11 is 0. The highest BCUT2D eigenvalue weighted by Crippen LogP contribution is 1.99. The van der Waals surface area contributed by atoms with Crippen LogP contribution in [0.2, 0.25) is 0 Å². The van der Waals surface area contributed by atoms with Gasteiger partial charge in [0.15, 0.2) is 0 Å². The van der Waals surface area contributed by atoms with Crippen LogP contribution in [0.25, 0.3) is 0 Å². The van der Waals surface area contributed by atoms with Crippen LogP contribution in [-0.2, 0) is 4.74 Å². The molecular weight excluding hydrogens is 190 g/mol. The Morgan fingerprint density at radius 1 is 1.27 bits per heavy atom. The van der Waals surface area contributed by atoms with E-state index >= 15 is 0 Å². The Morgan fingerprint density at radius 2 is 1.93 bits per heavy atom. The average molecular weight is 217 g/mol. The molecule has 2 unspecified atom stereocenters. The standard InChI is InChI=1S/C12H27NO2/c1-5-6-7-11(4)13-8-12(14)9-15-10(2)3/h10-14H,5-9H2,1-4H3. The van der Waals surface area contributed by atoms with Gasteiger partial charge in [-0.3, -0.25) is 0 Å². The highest BCUT2D eigenvalue weighted by Gasteiger charge is 2.07. The molecule has 2 atom stereocenters. The molecule has 0 saturated carbocycles.